The van der Waals surface area contributed by atoms with Crippen molar-refractivity contribution in [1.82, 2.24) is 4.90 Å². The number of carbonyl (C=O) groups excluding carboxylic acids is 1. The summed E-state index contributed by atoms with van der Waals surface area (Å²) < 4.78 is 5.38. The van der Waals surface area contributed by atoms with Gasteiger partial charge >= 0.3 is 0 Å². The maximum atomic E-state index is 11.6. The van der Waals surface area contributed by atoms with Crippen LogP contribution in [0, 0.1) is 5.92 Å². The third-order valence-corrected chi connectivity index (χ3v) is 3.19. The van der Waals surface area contributed by atoms with E-state index in [1.807, 2.05) is 20.8 Å². The van der Waals surface area contributed by atoms with Crippen LogP contribution in [-0.2, 0) is 9.53 Å². The Balaban J connectivity index is 2.29. The molecule has 1 rings (SSSR count). The molecule has 1 saturated heterocycles. The molecule has 0 aliphatic carbocycles. The summed E-state index contributed by atoms with van der Waals surface area (Å²) in [6.45, 7) is 8.50. The number of Topliss-reactive ketones (excluding diaryl/α,β-unsaturated/α-hetero) is 1. The number of aliphatic hydroxyl groups is 1. The number of ether oxygens (including phenoxy) is 1. The molecule has 1 fully saturated rings. The van der Waals surface area contributed by atoms with Gasteiger partial charge in [-0.15, -0.1) is 0 Å². The summed E-state index contributed by atoms with van der Waals surface area (Å²) in [6, 6.07) is 0. The number of rotatable bonds is 6. The molecular formula is C13H25NO3. The monoisotopic (exact) mass is 243 g/mol. The van der Waals surface area contributed by atoms with Gasteiger partial charge in [0.25, 0.3) is 0 Å². The number of β-amino-alcohol motifs (C(OH)–C–C–N with tert-alkyl or cyclic N) is 1. The van der Waals surface area contributed by atoms with Gasteiger partial charge in [-0.25, -0.2) is 0 Å². The topological polar surface area (TPSA) is 49.8 Å². The van der Waals surface area contributed by atoms with E-state index in [1.165, 1.54) is 0 Å². The zero-order valence-corrected chi connectivity index (χ0v) is 11.2. The Kier molecular flexibility index (Phi) is 6.09. The molecule has 4 nitrogen and oxygen atoms in total. The summed E-state index contributed by atoms with van der Waals surface area (Å²) >= 11 is 0. The zero-order valence-electron chi connectivity index (χ0n) is 11.2. The molecule has 0 spiro atoms. The van der Waals surface area contributed by atoms with E-state index in [4.69, 9.17) is 4.74 Å². The van der Waals surface area contributed by atoms with E-state index in [1.54, 1.807) is 0 Å². The van der Waals surface area contributed by atoms with Gasteiger partial charge in [0.2, 0.25) is 0 Å². The first-order chi connectivity index (χ1) is 8.02. The number of hydrogen-bond acceptors (Lipinski definition) is 4. The number of carbonyl (C=O) groups is 1. The molecule has 17 heavy (non-hydrogen) atoms. The molecule has 0 saturated carbocycles. The van der Waals surface area contributed by atoms with Crippen LogP contribution in [0.1, 0.15) is 33.6 Å². The lowest BCUT2D eigenvalue weighted by molar-refractivity contribution is -0.127. The Morgan fingerprint density at radius 1 is 1.53 bits per heavy atom. The van der Waals surface area contributed by atoms with Crippen molar-refractivity contribution >= 4 is 5.78 Å². The minimum absolute atomic E-state index is 0.149. The Morgan fingerprint density at radius 3 is 2.82 bits per heavy atom. The second-order valence-corrected chi connectivity index (χ2v) is 5.12. The van der Waals surface area contributed by atoms with Crippen LogP contribution in [0.3, 0.4) is 0 Å². The average Bonchev–Trinajstić information content (AvgIpc) is 2.29. The molecule has 0 radical (unpaired) electrons. The van der Waals surface area contributed by atoms with Crippen LogP contribution >= 0.6 is 0 Å². The fraction of sp³-hybridized carbons (Fsp3) is 0.923. The molecule has 2 unspecified atom stereocenters. The first-order valence-electron chi connectivity index (χ1n) is 6.57. The van der Waals surface area contributed by atoms with Crippen LogP contribution in [0.15, 0.2) is 0 Å². The first kappa shape index (κ1) is 14.6. The van der Waals surface area contributed by atoms with E-state index in [-0.39, 0.29) is 12.0 Å². The van der Waals surface area contributed by atoms with E-state index in [0.29, 0.717) is 25.4 Å². The lowest BCUT2D eigenvalue weighted by Crippen LogP contribution is -2.44. The molecule has 1 heterocycles. The van der Waals surface area contributed by atoms with Gasteiger partial charge in [0.1, 0.15) is 5.78 Å². The van der Waals surface area contributed by atoms with E-state index < -0.39 is 6.10 Å². The largest absolute Gasteiger partial charge is 0.389 e. The third kappa shape index (κ3) is 5.15. The van der Waals surface area contributed by atoms with Gasteiger partial charge in [-0.2, -0.15) is 0 Å². The van der Waals surface area contributed by atoms with Crippen LogP contribution in [0.2, 0.25) is 0 Å². The number of ketones is 1. The molecular weight excluding hydrogens is 218 g/mol. The lowest BCUT2D eigenvalue weighted by atomic mass is 9.94. The molecule has 0 aromatic rings. The number of hydrogen-bond donors (Lipinski definition) is 1. The Morgan fingerprint density at radius 2 is 2.24 bits per heavy atom. The molecule has 1 aliphatic heterocycles. The highest BCUT2D eigenvalue weighted by Crippen LogP contribution is 2.16. The SMILES string of the molecule is CCC1CN(CC(O)COC(C)C)CCC1=O. The predicted octanol–water partition coefficient (Wildman–Crippen LogP) is 1.07. The lowest BCUT2D eigenvalue weighted by Gasteiger charge is -2.32. The van der Waals surface area contributed by atoms with Gasteiger partial charge in [-0.3, -0.25) is 9.69 Å². The molecule has 4 heteroatoms. The fourth-order valence-corrected chi connectivity index (χ4v) is 2.15. The molecule has 0 amide bonds. The standard InChI is InChI=1S/C13H25NO3/c1-4-11-7-14(6-5-13(11)16)8-12(15)9-17-10(2)3/h10-12,15H,4-9H2,1-3H3. The first-order valence-corrected chi connectivity index (χ1v) is 6.57. The molecule has 0 aromatic heterocycles. The van der Waals surface area contributed by atoms with Crippen molar-refractivity contribution < 1.29 is 14.6 Å². The maximum Gasteiger partial charge on any atom is 0.138 e. The highest BCUT2D eigenvalue weighted by molar-refractivity contribution is 5.82. The number of nitrogens with zero attached hydrogens (tertiary/aromatic N) is 1. The highest BCUT2D eigenvalue weighted by Gasteiger charge is 2.26. The van der Waals surface area contributed by atoms with E-state index in [2.05, 4.69) is 4.90 Å². The van der Waals surface area contributed by atoms with Gasteiger partial charge in [0, 0.05) is 32.0 Å². The van der Waals surface area contributed by atoms with Gasteiger partial charge in [0.15, 0.2) is 0 Å². The van der Waals surface area contributed by atoms with Crippen LogP contribution in [0.4, 0.5) is 0 Å². The summed E-state index contributed by atoms with van der Waals surface area (Å²) in [5, 5.41) is 9.82. The molecule has 0 aromatic carbocycles. The van der Waals surface area contributed by atoms with Crippen LogP contribution in [0.25, 0.3) is 0 Å². The average molecular weight is 243 g/mol. The summed E-state index contributed by atoms with van der Waals surface area (Å²) in [5.74, 6) is 0.527. The summed E-state index contributed by atoms with van der Waals surface area (Å²) in [5.41, 5.74) is 0. The minimum Gasteiger partial charge on any atom is -0.389 e. The number of aliphatic hydroxyl groups excluding tert-OH is 1. The molecule has 100 valence electrons. The van der Waals surface area contributed by atoms with Crippen molar-refractivity contribution in [3.05, 3.63) is 0 Å². The van der Waals surface area contributed by atoms with Gasteiger partial charge in [-0.1, -0.05) is 6.92 Å². The summed E-state index contributed by atoms with van der Waals surface area (Å²) in [6.07, 6.45) is 1.21. The molecule has 1 aliphatic rings. The van der Waals surface area contributed by atoms with Gasteiger partial charge in [0.05, 0.1) is 18.8 Å². The van der Waals surface area contributed by atoms with Gasteiger partial charge in [-0.05, 0) is 20.3 Å². The van der Waals surface area contributed by atoms with Gasteiger partial charge < -0.3 is 9.84 Å². The van der Waals surface area contributed by atoms with Crippen LogP contribution < -0.4 is 0 Å². The molecule has 1 N–H and O–H groups in total. The normalized spacial score (nSPS) is 24.3. The Hall–Kier alpha value is -0.450. The highest BCUT2D eigenvalue weighted by atomic mass is 16.5. The van der Waals surface area contributed by atoms with Crippen LogP contribution in [0.5, 0.6) is 0 Å². The smallest absolute Gasteiger partial charge is 0.138 e. The van der Waals surface area contributed by atoms with Crippen molar-refractivity contribution in [2.75, 3.05) is 26.2 Å². The molecule has 0 bridgehead atoms. The van der Waals surface area contributed by atoms with E-state index in [9.17, 15) is 9.90 Å². The Bertz CT molecular complexity index is 243. The Labute approximate surface area is 104 Å². The van der Waals surface area contributed by atoms with Crippen molar-refractivity contribution in [1.29, 1.82) is 0 Å². The molecule has 2 atom stereocenters. The fourth-order valence-electron chi connectivity index (χ4n) is 2.15. The summed E-state index contributed by atoms with van der Waals surface area (Å²) in [7, 11) is 0. The van der Waals surface area contributed by atoms with Crippen molar-refractivity contribution in [3.63, 3.8) is 0 Å². The zero-order chi connectivity index (χ0) is 12.8. The minimum atomic E-state index is -0.455. The van der Waals surface area contributed by atoms with Crippen molar-refractivity contribution in [3.8, 4) is 0 Å². The van der Waals surface area contributed by atoms with Crippen molar-refractivity contribution in [2.24, 2.45) is 5.92 Å². The van der Waals surface area contributed by atoms with E-state index >= 15 is 0 Å². The van der Waals surface area contributed by atoms with Crippen molar-refractivity contribution in [2.45, 2.75) is 45.8 Å². The van der Waals surface area contributed by atoms with Crippen LogP contribution in [-0.4, -0.2) is 54.2 Å². The second-order valence-electron chi connectivity index (χ2n) is 5.12. The second kappa shape index (κ2) is 7.09. The summed E-state index contributed by atoms with van der Waals surface area (Å²) in [4.78, 5) is 13.7. The third-order valence-electron chi connectivity index (χ3n) is 3.19. The van der Waals surface area contributed by atoms with E-state index in [0.717, 1.165) is 19.5 Å². The predicted molar refractivity (Wildman–Crippen MR) is 66.9 cm³/mol. The number of likely N-dealkylation sites (tertiary alicyclic amines) is 1. The maximum absolute atomic E-state index is 11.6. The quantitative estimate of drug-likeness (QED) is 0.758. The number of piperidine rings is 1.